The number of carbonyl (C=O) groups excluding carboxylic acids is 1. The Kier molecular flexibility index (Phi) is 6.45. The predicted molar refractivity (Wildman–Crippen MR) is 94.5 cm³/mol. The van der Waals surface area contributed by atoms with Crippen molar-refractivity contribution in [3.63, 3.8) is 0 Å². The minimum absolute atomic E-state index is 0.00681. The van der Waals surface area contributed by atoms with Crippen molar-refractivity contribution in [1.82, 2.24) is 10.0 Å². The Balaban J connectivity index is 2.45. The van der Waals surface area contributed by atoms with Crippen LogP contribution < -0.4 is 16.4 Å². The van der Waals surface area contributed by atoms with Gasteiger partial charge in [0, 0.05) is 10.6 Å². The minimum Gasteiger partial charge on any atom is -0.394 e. The van der Waals surface area contributed by atoms with Crippen molar-refractivity contribution in [3.8, 4) is 0 Å². The maximum absolute atomic E-state index is 14.0. The number of hydrogen-bond donors (Lipinski definition) is 3. The molecule has 1 amide bonds. The van der Waals surface area contributed by atoms with Gasteiger partial charge in [-0.1, -0.05) is 0 Å². The van der Waals surface area contributed by atoms with Crippen molar-refractivity contribution in [3.05, 3.63) is 55.4 Å². The van der Waals surface area contributed by atoms with Crippen LogP contribution in [0.25, 0.3) is 0 Å². The Morgan fingerprint density at radius 2 is 2.04 bits per heavy atom. The molecule has 0 atom stereocenters. The van der Waals surface area contributed by atoms with E-state index >= 15 is 0 Å². The number of amides is 1. The van der Waals surface area contributed by atoms with E-state index in [9.17, 15) is 18.4 Å². The average Bonchev–Trinajstić information content (AvgIpc) is 2.57. The molecule has 2 aromatic rings. The predicted octanol–water partition coefficient (Wildman–Crippen LogP) is 1.67. The fourth-order valence-corrected chi connectivity index (χ4v) is 2.41. The number of aliphatic hydroxyl groups excluding tert-OH is 1. The van der Waals surface area contributed by atoms with Crippen molar-refractivity contribution in [2.24, 2.45) is 7.05 Å². The zero-order valence-electron chi connectivity index (χ0n) is 13.0. The third kappa shape index (κ3) is 4.52. The van der Waals surface area contributed by atoms with E-state index in [-0.39, 0.29) is 30.3 Å². The number of aliphatic hydroxyl groups is 1. The van der Waals surface area contributed by atoms with Gasteiger partial charge in [-0.15, -0.1) is 0 Å². The van der Waals surface area contributed by atoms with Gasteiger partial charge >= 0.3 is 0 Å². The van der Waals surface area contributed by atoms with Gasteiger partial charge in [-0.05, 0) is 46.9 Å². The van der Waals surface area contributed by atoms with Gasteiger partial charge in [0.25, 0.3) is 11.5 Å². The highest BCUT2D eigenvalue weighted by Crippen LogP contribution is 2.24. The average molecular weight is 465 g/mol. The van der Waals surface area contributed by atoms with Crippen molar-refractivity contribution in [2.45, 2.75) is 0 Å². The van der Waals surface area contributed by atoms with Gasteiger partial charge in [-0.3, -0.25) is 19.0 Å². The van der Waals surface area contributed by atoms with E-state index in [4.69, 9.17) is 9.94 Å². The quantitative estimate of drug-likeness (QED) is 0.343. The number of hydrogen-bond acceptors (Lipinski definition) is 5. The molecule has 0 unspecified atom stereocenters. The number of anilines is 2. The molecule has 2 rings (SSSR count). The van der Waals surface area contributed by atoms with Crippen LogP contribution in [0.3, 0.4) is 0 Å². The standard InChI is InChI=1S/C15H14F2IN3O4/c1-21-13(19-12-3-2-8(18)6-10(12)16)9(7-11(17)15(21)24)14(23)20-25-5-4-22/h2-3,6-7,19,22H,4-5H2,1H3,(H,20,23). The number of hydroxylamine groups is 1. The van der Waals surface area contributed by atoms with Crippen LogP contribution in [0.1, 0.15) is 10.4 Å². The molecule has 0 aliphatic rings. The van der Waals surface area contributed by atoms with Gasteiger partial charge in [-0.25, -0.2) is 14.3 Å². The first-order valence-corrected chi connectivity index (χ1v) is 8.07. The number of rotatable bonds is 6. The molecule has 0 fully saturated rings. The van der Waals surface area contributed by atoms with Gasteiger partial charge in [0.2, 0.25) is 0 Å². The molecule has 7 nitrogen and oxygen atoms in total. The minimum atomic E-state index is -1.15. The molecular weight excluding hydrogens is 451 g/mol. The molecule has 1 aromatic carbocycles. The highest BCUT2D eigenvalue weighted by atomic mass is 127. The number of nitrogens with one attached hydrogen (secondary N) is 2. The van der Waals surface area contributed by atoms with E-state index in [0.29, 0.717) is 3.57 Å². The molecule has 0 aliphatic carbocycles. The molecule has 0 spiro atoms. The SMILES string of the molecule is Cn1c(Nc2ccc(I)cc2F)c(C(=O)NOCCO)cc(F)c1=O. The van der Waals surface area contributed by atoms with Gasteiger partial charge < -0.3 is 10.4 Å². The largest absolute Gasteiger partial charge is 0.394 e. The van der Waals surface area contributed by atoms with Crippen LogP contribution in [-0.4, -0.2) is 28.8 Å². The zero-order valence-corrected chi connectivity index (χ0v) is 15.1. The summed E-state index contributed by atoms with van der Waals surface area (Å²) in [5.74, 6) is -2.73. The van der Waals surface area contributed by atoms with Crippen LogP contribution in [0.5, 0.6) is 0 Å². The monoisotopic (exact) mass is 465 g/mol. The van der Waals surface area contributed by atoms with Gasteiger partial charge in [0.15, 0.2) is 5.82 Å². The number of aromatic nitrogens is 1. The summed E-state index contributed by atoms with van der Waals surface area (Å²) >= 11 is 1.93. The molecule has 3 N–H and O–H groups in total. The lowest BCUT2D eigenvalue weighted by atomic mass is 10.2. The van der Waals surface area contributed by atoms with E-state index in [1.54, 1.807) is 6.07 Å². The first-order chi connectivity index (χ1) is 11.8. The molecule has 25 heavy (non-hydrogen) atoms. The van der Waals surface area contributed by atoms with Crippen LogP contribution >= 0.6 is 22.6 Å². The number of pyridine rings is 1. The highest BCUT2D eigenvalue weighted by Gasteiger charge is 2.20. The van der Waals surface area contributed by atoms with Crippen LogP contribution in [0, 0.1) is 15.2 Å². The van der Waals surface area contributed by atoms with Crippen molar-refractivity contribution >= 4 is 40.0 Å². The lowest BCUT2D eigenvalue weighted by Crippen LogP contribution is -2.30. The number of halogens is 3. The smallest absolute Gasteiger partial charge is 0.287 e. The lowest BCUT2D eigenvalue weighted by Gasteiger charge is -2.16. The summed E-state index contributed by atoms with van der Waals surface area (Å²) in [4.78, 5) is 28.7. The van der Waals surface area contributed by atoms with Crippen molar-refractivity contribution in [1.29, 1.82) is 0 Å². The second-order valence-corrected chi connectivity index (χ2v) is 6.12. The molecule has 0 saturated heterocycles. The molecule has 1 aromatic heterocycles. The fraction of sp³-hybridized carbons (Fsp3) is 0.200. The van der Waals surface area contributed by atoms with Crippen LogP contribution in [0.15, 0.2) is 29.1 Å². The van der Waals surface area contributed by atoms with E-state index in [1.165, 1.54) is 19.2 Å². The van der Waals surface area contributed by atoms with E-state index in [0.717, 1.165) is 10.6 Å². The second-order valence-electron chi connectivity index (χ2n) is 4.87. The topological polar surface area (TPSA) is 92.6 Å². The molecule has 0 bridgehead atoms. The summed E-state index contributed by atoms with van der Waals surface area (Å²) in [6.07, 6.45) is 0. The Morgan fingerprint density at radius 1 is 1.32 bits per heavy atom. The van der Waals surface area contributed by atoms with E-state index < -0.39 is 23.1 Å². The van der Waals surface area contributed by atoms with Gasteiger partial charge in [0.05, 0.1) is 24.5 Å². The highest BCUT2D eigenvalue weighted by molar-refractivity contribution is 14.1. The van der Waals surface area contributed by atoms with Crippen LogP contribution in [-0.2, 0) is 11.9 Å². The molecule has 0 radical (unpaired) electrons. The molecular formula is C15H14F2IN3O4. The van der Waals surface area contributed by atoms with E-state index in [2.05, 4.69) is 5.32 Å². The summed E-state index contributed by atoms with van der Waals surface area (Å²) in [7, 11) is 1.24. The third-order valence-corrected chi connectivity index (χ3v) is 3.83. The van der Waals surface area contributed by atoms with E-state index in [1.807, 2.05) is 28.1 Å². The van der Waals surface area contributed by atoms with Gasteiger partial charge in [-0.2, -0.15) is 0 Å². The Morgan fingerprint density at radius 3 is 2.68 bits per heavy atom. The summed E-state index contributed by atoms with van der Waals surface area (Å²) in [5, 5.41) is 11.3. The second kappa shape index (κ2) is 8.36. The van der Waals surface area contributed by atoms with Crippen LogP contribution in [0.2, 0.25) is 0 Å². The molecule has 1 heterocycles. The number of benzene rings is 1. The van der Waals surface area contributed by atoms with Crippen molar-refractivity contribution < 1.29 is 23.5 Å². The Bertz CT molecular complexity index is 857. The first-order valence-electron chi connectivity index (χ1n) is 6.99. The number of nitrogens with zero attached hydrogens (tertiary/aromatic N) is 1. The third-order valence-electron chi connectivity index (χ3n) is 3.16. The first kappa shape index (κ1) is 19.3. The lowest BCUT2D eigenvalue weighted by molar-refractivity contribution is 0.0168. The van der Waals surface area contributed by atoms with Crippen molar-refractivity contribution in [2.75, 3.05) is 18.5 Å². The number of carbonyl (C=O) groups is 1. The molecule has 134 valence electrons. The molecule has 0 saturated carbocycles. The summed E-state index contributed by atoms with van der Waals surface area (Å²) in [6, 6.07) is 5.04. The zero-order chi connectivity index (χ0) is 18.6. The summed E-state index contributed by atoms with van der Waals surface area (Å²) < 4.78 is 29.3. The van der Waals surface area contributed by atoms with Gasteiger partial charge in [0.1, 0.15) is 11.6 Å². The maximum atomic E-state index is 14.0. The Labute approximate surface area is 154 Å². The fourth-order valence-electron chi connectivity index (χ4n) is 1.96. The Hall–Kier alpha value is -2.05. The molecule has 10 heteroatoms. The maximum Gasteiger partial charge on any atom is 0.287 e. The molecule has 0 aliphatic heterocycles. The van der Waals surface area contributed by atoms with Crippen LogP contribution in [0.4, 0.5) is 20.3 Å². The normalized spacial score (nSPS) is 10.6. The summed E-state index contributed by atoms with van der Waals surface area (Å²) in [5.41, 5.74) is 0.762. The summed E-state index contributed by atoms with van der Waals surface area (Å²) in [6.45, 7) is -0.505.